The average molecular weight is 805 g/mol. The number of ether oxygens (including phenoxy) is 1. The molecule has 0 spiro atoms. The second-order valence-electron chi connectivity index (χ2n) is 14.0. The number of alkyl halides is 6. The van der Waals surface area contributed by atoms with Crippen molar-refractivity contribution in [1.29, 1.82) is 0 Å². The van der Waals surface area contributed by atoms with E-state index in [2.05, 4.69) is 5.32 Å². The number of halogens is 8. The summed E-state index contributed by atoms with van der Waals surface area (Å²) in [7, 11) is 5.03. The van der Waals surface area contributed by atoms with Gasteiger partial charge in [0, 0.05) is 37.6 Å². The first-order chi connectivity index (χ1) is 26.8. The number of amides is 1. The van der Waals surface area contributed by atoms with E-state index in [9.17, 15) is 32.7 Å². The molecule has 2 heterocycles. The molecule has 9 nitrogen and oxygen atoms in total. The molecule has 1 saturated heterocycles. The van der Waals surface area contributed by atoms with Gasteiger partial charge in [-0.15, -0.1) is 0 Å². The minimum Gasteiger partial charge on any atom is -0.480 e. The number of aryl methyl sites for hydroxylation is 1. The Bertz CT molecular complexity index is 2410. The molecular formula is C40H36F8N4O5. The number of morpholine rings is 1. The molecule has 6 rings (SSSR count). The number of aromatic nitrogens is 1. The number of nitrogens with one attached hydrogen (secondary N) is 1. The Morgan fingerprint density at radius 3 is 2.25 bits per heavy atom. The summed E-state index contributed by atoms with van der Waals surface area (Å²) in [5.74, 6) is -6.24. The fourth-order valence-electron chi connectivity index (χ4n) is 7.20. The third-order valence-corrected chi connectivity index (χ3v) is 9.99. The van der Waals surface area contributed by atoms with Crippen molar-refractivity contribution >= 4 is 39.2 Å². The summed E-state index contributed by atoms with van der Waals surface area (Å²) < 4.78 is 123. The molecule has 0 unspecified atom stereocenters. The Kier molecular flexibility index (Phi) is 11.4. The number of carboxylic acids is 1. The number of carboxylic acid groups (broad SMARTS) is 1. The quantitative estimate of drug-likeness (QED) is 0.147. The summed E-state index contributed by atoms with van der Waals surface area (Å²) in [6, 6.07) is 10.2. The topological polar surface area (TPSA) is 104 Å². The van der Waals surface area contributed by atoms with Crippen molar-refractivity contribution < 1.29 is 54.6 Å². The first-order valence-corrected chi connectivity index (χ1v) is 17.6. The normalized spacial score (nSPS) is 15.7. The predicted molar refractivity (Wildman–Crippen MR) is 196 cm³/mol. The van der Waals surface area contributed by atoms with E-state index in [0.717, 1.165) is 4.57 Å². The molecular weight excluding hydrogens is 768 g/mol. The zero-order chi connectivity index (χ0) is 41.6. The van der Waals surface area contributed by atoms with Gasteiger partial charge < -0.3 is 29.5 Å². The molecule has 5 aromatic rings. The van der Waals surface area contributed by atoms with Crippen LogP contribution in [-0.4, -0.2) is 85.1 Å². The molecule has 2 N–H and O–H groups in total. The van der Waals surface area contributed by atoms with Gasteiger partial charge in [0.25, 0.3) is 11.5 Å². The third-order valence-electron chi connectivity index (χ3n) is 9.99. The van der Waals surface area contributed by atoms with Gasteiger partial charge in [-0.2, -0.15) is 26.3 Å². The Morgan fingerprint density at radius 2 is 1.61 bits per heavy atom. The van der Waals surface area contributed by atoms with Crippen LogP contribution in [0.1, 0.15) is 27.0 Å². The summed E-state index contributed by atoms with van der Waals surface area (Å²) in [6.45, 7) is -0.737. The van der Waals surface area contributed by atoms with Crippen LogP contribution in [-0.2, 0) is 35.6 Å². The van der Waals surface area contributed by atoms with E-state index >= 15 is 22.0 Å². The number of carbonyl (C=O) groups is 2. The van der Waals surface area contributed by atoms with Crippen LogP contribution in [0.3, 0.4) is 0 Å². The van der Waals surface area contributed by atoms with Gasteiger partial charge in [0.2, 0.25) is 0 Å². The number of pyridine rings is 1. The molecule has 4 aromatic carbocycles. The van der Waals surface area contributed by atoms with Crippen molar-refractivity contribution in [2.45, 2.75) is 37.3 Å². The summed E-state index contributed by atoms with van der Waals surface area (Å²) in [6.07, 6.45) is -9.87. The monoisotopic (exact) mass is 804 g/mol. The number of likely N-dealkylation sites (N-methyl/N-ethyl adjacent to an activating group) is 1. The van der Waals surface area contributed by atoms with Gasteiger partial charge in [-0.3, -0.25) is 9.59 Å². The Balaban J connectivity index is 1.37. The van der Waals surface area contributed by atoms with Gasteiger partial charge in [0.1, 0.15) is 29.3 Å². The molecule has 0 bridgehead atoms. The number of carbonyl (C=O) groups excluding carboxylic acids is 1. The molecule has 302 valence electrons. The standard InChI is InChI=1S/C40H36F8N4O5/c1-50(2)13-12-21-10-11-31-27(16-21)35(40(46,47)48)33(37(54)51(31)3)26-9-5-7-24-22(6-4-8-25(24)26)17-30(38(55)56)49-36(53)34-28(41)18-23(19-29(34)42)52-14-15-57-20-32(52)39(43,44)45/h4-11,16,18-19,30,32H,12-15,17,20H2,1-3H3,(H,49,53)(H,55,56)/t30-,32+/m0/s1. The molecule has 0 saturated carbocycles. The fraction of sp³-hybridized carbons (Fsp3) is 0.325. The minimum absolute atomic E-state index is 0.0692. The number of aliphatic carboxylic acids is 1. The van der Waals surface area contributed by atoms with Crippen LogP contribution in [0, 0.1) is 11.6 Å². The molecule has 0 aliphatic carbocycles. The number of fused-ring (bicyclic) bond motifs is 2. The zero-order valence-corrected chi connectivity index (χ0v) is 30.7. The van der Waals surface area contributed by atoms with Gasteiger partial charge in [-0.05, 0) is 72.2 Å². The SMILES string of the molecule is CN(C)CCc1ccc2c(c1)c(C(F)(F)F)c(-c1cccc3c(C[C@H](NC(=O)c4c(F)cc(N5CCOC[C@@H]5C(F)(F)F)cc4F)C(=O)O)cccc13)c(=O)n2C. The van der Waals surface area contributed by atoms with E-state index in [1.54, 1.807) is 6.07 Å². The van der Waals surface area contributed by atoms with Gasteiger partial charge >= 0.3 is 18.3 Å². The molecule has 1 fully saturated rings. The van der Waals surface area contributed by atoms with Crippen molar-refractivity contribution in [2.75, 3.05) is 45.3 Å². The molecule has 0 radical (unpaired) electrons. The maximum Gasteiger partial charge on any atom is 0.417 e. The van der Waals surface area contributed by atoms with Crippen molar-refractivity contribution in [1.82, 2.24) is 14.8 Å². The average Bonchev–Trinajstić information content (AvgIpc) is 3.13. The Hall–Kier alpha value is -5.55. The van der Waals surface area contributed by atoms with Gasteiger partial charge in [-0.25, -0.2) is 13.6 Å². The van der Waals surface area contributed by atoms with Crippen molar-refractivity contribution in [3.8, 4) is 11.1 Å². The first kappa shape index (κ1) is 41.1. The predicted octanol–water partition coefficient (Wildman–Crippen LogP) is 6.95. The highest BCUT2D eigenvalue weighted by Gasteiger charge is 2.46. The minimum atomic E-state index is -4.98. The maximum atomic E-state index is 15.3. The fourth-order valence-corrected chi connectivity index (χ4v) is 7.20. The van der Waals surface area contributed by atoms with E-state index in [1.807, 2.05) is 19.0 Å². The van der Waals surface area contributed by atoms with Crippen LogP contribution in [0.15, 0.2) is 71.5 Å². The lowest BCUT2D eigenvalue weighted by Gasteiger charge is -2.38. The van der Waals surface area contributed by atoms with Crippen LogP contribution < -0.4 is 15.8 Å². The lowest BCUT2D eigenvalue weighted by atomic mass is 9.90. The molecule has 1 amide bonds. The first-order valence-electron chi connectivity index (χ1n) is 17.6. The second kappa shape index (κ2) is 15.8. The molecule has 1 aliphatic rings. The number of rotatable bonds is 10. The van der Waals surface area contributed by atoms with E-state index < -0.39 is 88.9 Å². The maximum absolute atomic E-state index is 15.3. The third kappa shape index (κ3) is 8.30. The lowest BCUT2D eigenvalue weighted by molar-refractivity contribution is -0.167. The summed E-state index contributed by atoms with van der Waals surface area (Å²) in [5.41, 5.74) is -3.64. The number of hydrogen-bond donors (Lipinski definition) is 2. The Labute approximate surface area is 320 Å². The van der Waals surface area contributed by atoms with E-state index in [1.165, 1.54) is 55.6 Å². The van der Waals surface area contributed by atoms with Gasteiger partial charge in [0.05, 0.1) is 29.9 Å². The van der Waals surface area contributed by atoms with Crippen LogP contribution in [0.5, 0.6) is 0 Å². The largest absolute Gasteiger partial charge is 0.480 e. The van der Waals surface area contributed by atoms with Gasteiger partial charge in [-0.1, -0.05) is 42.5 Å². The summed E-state index contributed by atoms with van der Waals surface area (Å²) in [5, 5.41) is 12.3. The number of benzene rings is 4. The highest BCUT2D eigenvalue weighted by Crippen LogP contribution is 2.42. The van der Waals surface area contributed by atoms with E-state index in [4.69, 9.17) is 4.74 Å². The van der Waals surface area contributed by atoms with Crippen LogP contribution >= 0.6 is 0 Å². The van der Waals surface area contributed by atoms with E-state index in [0.29, 0.717) is 35.6 Å². The zero-order valence-electron chi connectivity index (χ0n) is 30.7. The molecule has 1 aromatic heterocycles. The number of nitrogens with zero attached hydrogens (tertiary/aromatic N) is 3. The number of hydrogen-bond acceptors (Lipinski definition) is 6. The van der Waals surface area contributed by atoms with Gasteiger partial charge in [0.15, 0.2) is 0 Å². The lowest BCUT2D eigenvalue weighted by Crippen LogP contribution is -2.53. The van der Waals surface area contributed by atoms with Crippen molar-refractivity contribution in [3.05, 3.63) is 111 Å². The smallest absolute Gasteiger partial charge is 0.417 e. The Morgan fingerprint density at radius 1 is 0.947 bits per heavy atom. The summed E-state index contributed by atoms with van der Waals surface area (Å²) in [4.78, 5) is 42.0. The molecule has 2 atom stereocenters. The van der Waals surface area contributed by atoms with Crippen LogP contribution in [0.2, 0.25) is 0 Å². The van der Waals surface area contributed by atoms with E-state index in [-0.39, 0.29) is 46.0 Å². The highest BCUT2D eigenvalue weighted by atomic mass is 19.4. The second-order valence-corrected chi connectivity index (χ2v) is 14.0. The molecule has 17 heteroatoms. The van der Waals surface area contributed by atoms with Crippen molar-refractivity contribution in [2.24, 2.45) is 7.05 Å². The summed E-state index contributed by atoms with van der Waals surface area (Å²) >= 11 is 0. The highest BCUT2D eigenvalue weighted by molar-refractivity contribution is 6.02. The molecule has 1 aliphatic heterocycles. The van der Waals surface area contributed by atoms with Crippen LogP contribution in [0.25, 0.3) is 32.8 Å². The molecule has 57 heavy (non-hydrogen) atoms. The van der Waals surface area contributed by atoms with Crippen LogP contribution in [0.4, 0.5) is 40.8 Å². The number of anilines is 1. The van der Waals surface area contributed by atoms with Crippen molar-refractivity contribution in [3.63, 3.8) is 0 Å².